The van der Waals surface area contributed by atoms with Crippen molar-refractivity contribution in [2.24, 2.45) is 11.8 Å². The molecule has 1 amide bonds. The quantitative estimate of drug-likeness (QED) is 0.481. The maximum atomic E-state index is 13.0. The molecule has 1 aliphatic heterocycles. The molecule has 0 bridgehead atoms. The number of hydrogen-bond donors (Lipinski definition) is 0. The third-order valence-corrected chi connectivity index (χ3v) is 6.40. The van der Waals surface area contributed by atoms with Gasteiger partial charge in [-0.05, 0) is 36.5 Å². The SMILES string of the molecule is COCCn1c(SCC(=O)N2CC(C)CC(C)C2)nc2ccc(Br)cc2c1=O. The number of methoxy groups -OCH3 is 1. The number of benzene rings is 1. The Bertz CT molecular complexity index is 907. The van der Waals surface area contributed by atoms with Gasteiger partial charge in [0.25, 0.3) is 5.56 Å². The number of piperidine rings is 1. The fourth-order valence-electron chi connectivity index (χ4n) is 3.75. The number of hydrogen-bond acceptors (Lipinski definition) is 5. The van der Waals surface area contributed by atoms with E-state index in [1.54, 1.807) is 17.7 Å². The van der Waals surface area contributed by atoms with Gasteiger partial charge in [0.1, 0.15) is 0 Å². The Labute approximate surface area is 177 Å². The second-order valence-corrected chi connectivity index (χ2v) is 9.40. The van der Waals surface area contributed by atoms with Gasteiger partial charge in [0, 0.05) is 24.7 Å². The highest BCUT2D eigenvalue weighted by Gasteiger charge is 2.25. The van der Waals surface area contributed by atoms with Crippen LogP contribution in [0, 0.1) is 11.8 Å². The van der Waals surface area contributed by atoms with Gasteiger partial charge in [-0.3, -0.25) is 14.2 Å². The van der Waals surface area contributed by atoms with Crippen molar-refractivity contribution in [2.45, 2.75) is 32.0 Å². The summed E-state index contributed by atoms with van der Waals surface area (Å²) in [5.41, 5.74) is 0.524. The fraction of sp³-hybridized carbons (Fsp3) is 0.550. The second-order valence-electron chi connectivity index (χ2n) is 7.54. The summed E-state index contributed by atoms with van der Waals surface area (Å²) in [7, 11) is 1.60. The van der Waals surface area contributed by atoms with E-state index in [0.29, 0.717) is 41.0 Å². The van der Waals surface area contributed by atoms with Gasteiger partial charge >= 0.3 is 0 Å². The minimum absolute atomic E-state index is 0.104. The predicted molar refractivity (Wildman–Crippen MR) is 116 cm³/mol. The van der Waals surface area contributed by atoms with E-state index >= 15 is 0 Å². The normalized spacial score (nSPS) is 19.9. The third-order valence-electron chi connectivity index (χ3n) is 4.95. The van der Waals surface area contributed by atoms with Crippen molar-refractivity contribution >= 4 is 44.5 Å². The first-order chi connectivity index (χ1) is 13.4. The lowest BCUT2D eigenvalue weighted by Crippen LogP contribution is -2.43. The molecular weight excluding hydrogens is 442 g/mol. The van der Waals surface area contributed by atoms with Gasteiger partial charge in [-0.15, -0.1) is 0 Å². The summed E-state index contributed by atoms with van der Waals surface area (Å²) in [6.07, 6.45) is 1.16. The molecule has 152 valence electrons. The maximum absolute atomic E-state index is 13.0. The first kappa shape index (κ1) is 21.3. The summed E-state index contributed by atoms with van der Waals surface area (Å²) in [5, 5.41) is 1.11. The molecule has 0 saturated carbocycles. The van der Waals surface area contributed by atoms with Gasteiger partial charge in [-0.2, -0.15) is 0 Å². The molecule has 3 rings (SSSR count). The second kappa shape index (κ2) is 9.41. The number of aromatic nitrogens is 2. The van der Waals surface area contributed by atoms with Crippen molar-refractivity contribution in [2.75, 3.05) is 32.6 Å². The molecule has 1 fully saturated rings. The number of carbonyl (C=O) groups excluding carboxylic acids is 1. The Morgan fingerprint density at radius 3 is 2.71 bits per heavy atom. The van der Waals surface area contributed by atoms with Gasteiger partial charge in [-0.25, -0.2) is 4.98 Å². The number of carbonyl (C=O) groups is 1. The van der Waals surface area contributed by atoms with Crippen molar-refractivity contribution in [1.82, 2.24) is 14.5 Å². The molecule has 1 saturated heterocycles. The van der Waals surface area contributed by atoms with E-state index in [1.165, 1.54) is 11.8 Å². The zero-order valence-electron chi connectivity index (χ0n) is 16.5. The van der Waals surface area contributed by atoms with Crippen molar-refractivity contribution in [3.63, 3.8) is 0 Å². The lowest BCUT2D eigenvalue weighted by atomic mass is 9.92. The van der Waals surface area contributed by atoms with Crippen LogP contribution >= 0.6 is 27.7 Å². The van der Waals surface area contributed by atoms with Crippen LogP contribution in [-0.4, -0.2) is 52.9 Å². The molecule has 0 spiro atoms. The third kappa shape index (κ3) is 4.96. The Balaban J connectivity index is 1.83. The predicted octanol–water partition coefficient (Wildman–Crippen LogP) is 3.40. The first-order valence-corrected chi connectivity index (χ1v) is 11.3. The molecule has 28 heavy (non-hydrogen) atoms. The van der Waals surface area contributed by atoms with Gasteiger partial charge < -0.3 is 9.64 Å². The molecule has 2 aromatic rings. The minimum atomic E-state index is -0.112. The monoisotopic (exact) mass is 467 g/mol. The number of likely N-dealkylation sites (tertiary alicyclic amines) is 1. The number of fused-ring (bicyclic) bond motifs is 1. The minimum Gasteiger partial charge on any atom is -0.383 e. The van der Waals surface area contributed by atoms with Crippen LogP contribution in [0.1, 0.15) is 20.3 Å². The van der Waals surface area contributed by atoms with Crippen LogP contribution in [0.5, 0.6) is 0 Å². The van der Waals surface area contributed by atoms with Crippen LogP contribution in [0.15, 0.2) is 32.6 Å². The molecule has 0 aliphatic carbocycles. The smallest absolute Gasteiger partial charge is 0.262 e. The zero-order chi connectivity index (χ0) is 20.3. The summed E-state index contributed by atoms with van der Waals surface area (Å²) in [6.45, 7) is 6.80. The Hall–Kier alpha value is -1.38. The molecule has 0 radical (unpaired) electrons. The molecule has 2 heterocycles. The molecule has 1 aliphatic rings. The number of rotatable bonds is 6. The summed E-state index contributed by atoms with van der Waals surface area (Å²) in [4.78, 5) is 32.3. The van der Waals surface area contributed by atoms with Crippen LogP contribution in [0.2, 0.25) is 0 Å². The van der Waals surface area contributed by atoms with E-state index in [4.69, 9.17) is 4.74 Å². The van der Waals surface area contributed by atoms with Crippen molar-refractivity contribution in [3.8, 4) is 0 Å². The molecule has 2 unspecified atom stereocenters. The van der Waals surface area contributed by atoms with E-state index in [2.05, 4.69) is 34.8 Å². The molecule has 2 atom stereocenters. The standard InChI is InChI=1S/C20H26BrN3O3S/c1-13-8-14(2)11-23(10-13)18(25)12-28-20-22-17-5-4-15(21)9-16(17)19(26)24(20)6-7-27-3/h4-5,9,13-14H,6-8,10-12H2,1-3H3. The van der Waals surface area contributed by atoms with Crippen LogP contribution < -0.4 is 5.56 Å². The van der Waals surface area contributed by atoms with Crippen LogP contribution in [0.4, 0.5) is 0 Å². The van der Waals surface area contributed by atoms with E-state index in [-0.39, 0.29) is 17.2 Å². The summed E-state index contributed by atoms with van der Waals surface area (Å²) >= 11 is 4.74. The number of halogens is 1. The van der Waals surface area contributed by atoms with Crippen LogP contribution in [0.25, 0.3) is 10.9 Å². The molecule has 8 heteroatoms. The van der Waals surface area contributed by atoms with Gasteiger partial charge in [0.05, 0.1) is 29.8 Å². The summed E-state index contributed by atoms with van der Waals surface area (Å²) in [5.74, 6) is 1.43. The Kier molecular flexibility index (Phi) is 7.17. The van der Waals surface area contributed by atoms with Crippen molar-refractivity contribution < 1.29 is 9.53 Å². The van der Waals surface area contributed by atoms with Crippen molar-refractivity contribution in [1.29, 1.82) is 0 Å². The van der Waals surface area contributed by atoms with E-state index < -0.39 is 0 Å². The Morgan fingerprint density at radius 1 is 1.32 bits per heavy atom. The highest BCUT2D eigenvalue weighted by molar-refractivity contribution is 9.10. The largest absolute Gasteiger partial charge is 0.383 e. The van der Waals surface area contributed by atoms with Gasteiger partial charge in [-0.1, -0.05) is 41.5 Å². The molecule has 1 aromatic heterocycles. The summed E-state index contributed by atoms with van der Waals surface area (Å²) < 4.78 is 7.60. The summed E-state index contributed by atoms with van der Waals surface area (Å²) in [6, 6.07) is 5.47. The number of amides is 1. The number of ether oxygens (including phenoxy) is 1. The number of thioether (sulfide) groups is 1. The fourth-order valence-corrected chi connectivity index (χ4v) is 5.04. The maximum Gasteiger partial charge on any atom is 0.262 e. The van der Waals surface area contributed by atoms with E-state index in [9.17, 15) is 9.59 Å². The highest BCUT2D eigenvalue weighted by Crippen LogP contribution is 2.24. The lowest BCUT2D eigenvalue weighted by Gasteiger charge is -2.35. The van der Waals surface area contributed by atoms with E-state index in [0.717, 1.165) is 24.0 Å². The highest BCUT2D eigenvalue weighted by atomic mass is 79.9. The average Bonchev–Trinajstić information content (AvgIpc) is 2.65. The van der Waals surface area contributed by atoms with E-state index in [1.807, 2.05) is 17.0 Å². The van der Waals surface area contributed by atoms with Gasteiger partial charge in [0.15, 0.2) is 5.16 Å². The molecule has 1 aromatic carbocycles. The van der Waals surface area contributed by atoms with Crippen LogP contribution in [-0.2, 0) is 16.1 Å². The lowest BCUT2D eigenvalue weighted by molar-refractivity contribution is -0.130. The number of nitrogens with zero attached hydrogens (tertiary/aromatic N) is 3. The topological polar surface area (TPSA) is 64.4 Å². The average molecular weight is 468 g/mol. The first-order valence-electron chi connectivity index (χ1n) is 9.48. The Morgan fingerprint density at radius 2 is 2.04 bits per heavy atom. The van der Waals surface area contributed by atoms with Gasteiger partial charge in [0.2, 0.25) is 5.91 Å². The molecule has 6 nitrogen and oxygen atoms in total. The molecule has 0 N–H and O–H groups in total. The zero-order valence-corrected chi connectivity index (χ0v) is 18.9. The van der Waals surface area contributed by atoms with Crippen LogP contribution in [0.3, 0.4) is 0 Å². The molecular formula is C20H26BrN3O3S. The van der Waals surface area contributed by atoms with Crippen molar-refractivity contribution in [3.05, 3.63) is 33.0 Å².